The largest absolute Gasteiger partial charge is 0.366 e. The number of nitrogens with zero attached hydrogens (tertiary/aromatic N) is 4. The lowest BCUT2D eigenvalue weighted by molar-refractivity contribution is -0.902. The molecule has 0 amide bonds. The van der Waals surface area contributed by atoms with Crippen molar-refractivity contribution >= 4 is 34.7 Å². The number of anilines is 1. The summed E-state index contributed by atoms with van der Waals surface area (Å²) in [6, 6.07) is 17.9. The predicted molar refractivity (Wildman–Crippen MR) is 133 cm³/mol. The number of morpholine rings is 1. The lowest BCUT2D eigenvalue weighted by atomic mass is 10.0. The Labute approximate surface area is 203 Å². The molecule has 0 radical (unpaired) electrons. The third-order valence-corrected chi connectivity index (χ3v) is 6.68. The first kappa shape index (κ1) is 22.2. The predicted octanol–water partition coefficient (Wildman–Crippen LogP) is 5.46. The van der Waals surface area contributed by atoms with Crippen molar-refractivity contribution in [2.75, 3.05) is 39.1 Å². The molecule has 2 aromatic carbocycles. The van der Waals surface area contributed by atoms with Crippen LogP contribution in [0.2, 0.25) is 10.0 Å². The molecule has 0 spiro atoms. The van der Waals surface area contributed by atoms with Crippen LogP contribution in [0, 0.1) is 0 Å². The molecular formula is C25H26Cl2N5O+. The van der Waals surface area contributed by atoms with E-state index in [1.807, 2.05) is 24.3 Å². The molecule has 6 nitrogen and oxygen atoms in total. The third-order valence-electron chi connectivity index (χ3n) is 6.09. The minimum atomic E-state index is 0.120. The molecule has 5 rings (SSSR count). The van der Waals surface area contributed by atoms with E-state index in [1.165, 1.54) is 5.56 Å². The van der Waals surface area contributed by atoms with Crippen molar-refractivity contribution < 1.29 is 9.22 Å². The SMILES string of the molecule is C[N+]1(C)CCOC(c2ccc(-c3cc(NCc4ccc(Cl)cc4Cl)n4nccc4n3)cc2)C1. The van der Waals surface area contributed by atoms with Crippen molar-refractivity contribution in [3.63, 3.8) is 0 Å². The molecule has 4 aromatic rings. The second kappa shape index (κ2) is 8.95. The Balaban J connectivity index is 1.40. The van der Waals surface area contributed by atoms with Gasteiger partial charge in [-0.15, -0.1) is 0 Å². The zero-order valence-corrected chi connectivity index (χ0v) is 20.1. The lowest BCUT2D eigenvalue weighted by Crippen LogP contribution is -2.49. The Morgan fingerprint density at radius 2 is 1.91 bits per heavy atom. The maximum Gasteiger partial charge on any atom is 0.157 e. The average molecular weight is 483 g/mol. The summed E-state index contributed by atoms with van der Waals surface area (Å²) >= 11 is 12.4. The molecule has 1 unspecified atom stereocenters. The molecular weight excluding hydrogens is 457 g/mol. The maximum atomic E-state index is 6.35. The van der Waals surface area contributed by atoms with Crippen LogP contribution in [-0.2, 0) is 11.3 Å². The van der Waals surface area contributed by atoms with Gasteiger partial charge in [0.1, 0.15) is 25.0 Å². The maximum absolute atomic E-state index is 6.35. The molecule has 1 atom stereocenters. The van der Waals surface area contributed by atoms with Gasteiger partial charge in [0.15, 0.2) is 5.65 Å². The van der Waals surface area contributed by atoms with Gasteiger partial charge >= 0.3 is 0 Å². The van der Waals surface area contributed by atoms with E-state index in [0.717, 1.165) is 52.5 Å². The molecule has 1 aliphatic rings. The van der Waals surface area contributed by atoms with Crippen LogP contribution < -0.4 is 5.32 Å². The molecule has 2 aromatic heterocycles. The zero-order valence-electron chi connectivity index (χ0n) is 18.6. The normalized spacial score (nSPS) is 17.9. The number of halogens is 2. The van der Waals surface area contributed by atoms with Crippen molar-refractivity contribution in [1.82, 2.24) is 14.6 Å². The minimum Gasteiger partial charge on any atom is -0.366 e. The van der Waals surface area contributed by atoms with Crippen molar-refractivity contribution in [3.8, 4) is 11.3 Å². The van der Waals surface area contributed by atoms with Gasteiger partial charge in [0, 0.05) is 34.3 Å². The van der Waals surface area contributed by atoms with Crippen molar-refractivity contribution in [2.45, 2.75) is 12.6 Å². The van der Waals surface area contributed by atoms with Crippen LogP contribution in [0.3, 0.4) is 0 Å². The molecule has 3 heterocycles. The number of quaternary nitrogens is 1. The summed E-state index contributed by atoms with van der Waals surface area (Å²) in [6.07, 6.45) is 1.87. The highest BCUT2D eigenvalue weighted by molar-refractivity contribution is 6.35. The monoisotopic (exact) mass is 482 g/mol. The summed E-state index contributed by atoms with van der Waals surface area (Å²) in [5, 5.41) is 9.10. The summed E-state index contributed by atoms with van der Waals surface area (Å²) in [4.78, 5) is 4.80. The topological polar surface area (TPSA) is 51.5 Å². The fourth-order valence-corrected chi connectivity index (χ4v) is 4.62. The summed E-state index contributed by atoms with van der Waals surface area (Å²) < 4.78 is 8.79. The summed E-state index contributed by atoms with van der Waals surface area (Å²) in [6.45, 7) is 3.34. The van der Waals surface area contributed by atoms with Crippen LogP contribution in [0.25, 0.3) is 16.9 Å². The number of rotatable bonds is 5. The van der Waals surface area contributed by atoms with Gasteiger partial charge in [-0.1, -0.05) is 53.5 Å². The van der Waals surface area contributed by atoms with E-state index < -0.39 is 0 Å². The van der Waals surface area contributed by atoms with Crippen molar-refractivity contribution in [2.24, 2.45) is 0 Å². The summed E-state index contributed by atoms with van der Waals surface area (Å²) in [5.41, 5.74) is 4.85. The Kier molecular flexibility index (Phi) is 6.01. The highest BCUT2D eigenvalue weighted by Crippen LogP contribution is 2.28. The number of hydrogen-bond donors (Lipinski definition) is 1. The highest BCUT2D eigenvalue weighted by atomic mass is 35.5. The Morgan fingerprint density at radius 3 is 2.67 bits per heavy atom. The molecule has 1 N–H and O–H groups in total. The van der Waals surface area contributed by atoms with Crippen molar-refractivity contribution in [3.05, 3.63) is 82.0 Å². The van der Waals surface area contributed by atoms with Crippen LogP contribution in [0.4, 0.5) is 5.82 Å². The Hall–Kier alpha value is -2.64. The standard InChI is InChI=1S/C25H26Cl2N5O/c1-32(2)11-12-33-23(16-32)18-5-3-17(4-6-18)22-14-25(31-24(30-22)9-10-29-31)28-15-19-7-8-20(26)13-21(19)27/h3-10,13-14,23,28H,11-12,15-16H2,1-2H3/q+1. The number of benzene rings is 2. The summed E-state index contributed by atoms with van der Waals surface area (Å²) in [7, 11) is 4.50. The first-order valence-corrected chi connectivity index (χ1v) is 11.7. The number of nitrogens with one attached hydrogen (secondary N) is 1. The number of ether oxygens (including phenoxy) is 1. The van der Waals surface area contributed by atoms with Gasteiger partial charge in [-0.2, -0.15) is 9.61 Å². The average Bonchev–Trinajstić information content (AvgIpc) is 3.27. The van der Waals surface area contributed by atoms with E-state index in [9.17, 15) is 0 Å². The van der Waals surface area contributed by atoms with Crippen LogP contribution in [-0.4, -0.2) is 52.9 Å². The van der Waals surface area contributed by atoms with Crippen LogP contribution in [0.1, 0.15) is 17.2 Å². The van der Waals surface area contributed by atoms with Gasteiger partial charge in [-0.25, -0.2) is 4.98 Å². The van der Waals surface area contributed by atoms with Crippen molar-refractivity contribution in [1.29, 1.82) is 0 Å². The Morgan fingerprint density at radius 1 is 1.09 bits per heavy atom. The lowest BCUT2D eigenvalue weighted by Gasteiger charge is -2.38. The number of likely N-dealkylation sites (N-methyl/N-ethyl adjacent to an activating group) is 1. The van der Waals surface area contributed by atoms with E-state index >= 15 is 0 Å². The Bertz CT molecular complexity index is 1290. The van der Waals surface area contributed by atoms with Gasteiger partial charge in [0.05, 0.1) is 32.6 Å². The fourth-order valence-electron chi connectivity index (χ4n) is 4.14. The molecule has 1 saturated heterocycles. The number of aromatic nitrogens is 3. The molecule has 0 aliphatic carbocycles. The number of fused-ring (bicyclic) bond motifs is 1. The van der Waals surface area contributed by atoms with Crippen LogP contribution >= 0.6 is 23.2 Å². The highest BCUT2D eigenvalue weighted by Gasteiger charge is 2.29. The zero-order chi connectivity index (χ0) is 23.0. The molecule has 33 heavy (non-hydrogen) atoms. The van der Waals surface area contributed by atoms with E-state index in [0.29, 0.717) is 16.6 Å². The van der Waals surface area contributed by atoms with Gasteiger partial charge in [-0.3, -0.25) is 0 Å². The van der Waals surface area contributed by atoms with E-state index in [2.05, 4.69) is 48.8 Å². The van der Waals surface area contributed by atoms with Gasteiger partial charge < -0.3 is 14.5 Å². The van der Waals surface area contributed by atoms with Gasteiger partial charge in [0.25, 0.3) is 0 Å². The molecule has 1 fully saturated rings. The molecule has 0 bridgehead atoms. The summed E-state index contributed by atoms with van der Waals surface area (Å²) in [5.74, 6) is 0.838. The van der Waals surface area contributed by atoms with E-state index in [-0.39, 0.29) is 6.10 Å². The third kappa shape index (κ3) is 4.84. The molecule has 170 valence electrons. The van der Waals surface area contributed by atoms with Gasteiger partial charge in [-0.05, 0) is 23.3 Å². The second-order valence-corrected chi connectivity index (χ2v) is 9.88. The molecule has 8 heteroatoms. The van der Waals surface area contributed by atoms with Crippen LogP contribution in [0.15, 0.2) is 60.8 Å². The first-order valence-electron chi connectivity index (χ1n) is 10.9. The van der Waals surface area contributed by atoms with Crippen LogP contribution in [0.5, 0.6) is 0 Å². The van der Waals surface area contributed by atoms with Gasteiger partial charge in [0.2, 0.25) is 0 Å². The van der Waals surface area contributed by atoms with E-state index in [4.69, 9.17) is 32.9 Å². The first-order chi connectivity index (χ1) is 15.9. The molecule has 1 aliphatic heterocycles. The fraction of sp³-hybridized carbons (Fsp3) is 0.280. The van der Waals surface area contributed by atoms with E-state index in [1.54, 1.807) is 16.8 Å². The second-order valence-electron chi connectivity index (χ2n) is 9.04. The quantitative estimate of drug-likeness (QED) is 0.383. The minimum absolute atomic E-state index is 0.120. The number of hydrogen-bond acceptors (Lipinski definition) is 4. The smallest absolute Gasteiger partial charge is 0.157 e. The molecule has 0 saturated carbocycles.